The van der Waals surface area contributed by atoms with Gasteiger partial charge < -0.3 is 9.64 Å². The van der Waals surface area contributed by atoms with E-state index in [0.717, 1.165) is 24.1 Å². The molecule has 1 aromatic carbocycles. The van der Waals surface area contributed by atoms with Crippen molar-refractivity contribution in [2.45, 2.75) is 52.8 Å². The van der Waals surface area contributed by atoms with Crippen molar-refractivity contribution in [3.63, 3.8) is 0 Å². The van der Waals surface area contributed by atoms with Crippen LogP contribution in [0.2, 0.25) is 0 Å². The van der Waals surface area contributed by atoms with Crippen molar-refractivity contribution in [1.82, 2.24) is 9.80 Å². The average molecular weight is 383 g/mol. The van der Waals surface area contributed by atoms with Gasteiger partial charge in [-0.3, -0.25) is 4.90 Å². The van der Waals surface area contributed by atoms with Crippen molar-refractivity contribution in [1.29, 1.82) is 0 Å². The molecule has 0 unspecified atom stereocenters. The van der Waals surface area contributed by atoms with E-state index in [4.69, 9.17) is 4.74 Å². The fourth-order valence-electron chi connectivity index (χ4n) is 2.85. The summed E-state index contributed by atoms with van der Waals surface area (Å²) in [5.41, 5.74) is 2.19. The van der Waals surface area contributed by atoms with E-state index in [1.807, 2.05) is 25.7 Å². The maximum absolute atomic E-state index is 12.3. The molecule has 1 saturated heterocycles. The van der Waals surface area contributed by atoms with Gasteiger partial charge in [-0.05, 0) is 57.9 Å². The lowest BCUT2D eigenvalue weighted by molar-refractivity contribution is 0.000538. The molecule has 4 nitrogen and oxygen atoms in total. The topological polar surface area (TPSA) is 32.8 Å². The van der Waals surface area contributed by atoms with Crippen LogP contribution in [-0.4, -0.2) is 47.2 Å². The number of benzene rings is 1. The second-order valence-electron chi connectivity index (χ2n) is 7.33. The zero-order valence-electron chi connectivity index (χ0n) is 14.7. The molecule has 0 bridgehead atoms. The van der Waals surface area contributed by atoms with Gasteiger partial charge in [-0.25, -0.2) is 4.79 Å². The normalized spacial score (nSPS) is 19.7. The van der Waals surface area contributed by atoms with E-state index >= 15 is 0 Å². The monoisotopic (exact) mass is 382 g/mol. The van der Waals surface area contributed by atoms with E-state index in [2.05, 4.69) is 52.9 Å². The summed E-state index contributed by atoms with van der Waals surface area (Å²) in [5.74, 6) is 0. The Morgan fingerprint density at radius 3 is 2.61 bits per heavy atom. The molecule has 128 valence electrons. The van der Waals surface area contributed by atoms with Crippen LogP contribution < -0.4 is 0 Å². The third-order valence-electron chi connectivity index (χ3n) is 4.04. The molecular weight excluding hydrogens is 356 g/mol. The van der Waals surface area contributed by atoms with Crippen LogP contribution in [-0.2, 0) is 11.3 Å². The van der Waals surface area contributed by atoms with Crippen LogP contribution in [0.25, 0.3) is 0 Å². The number of hydrogen-bond donors (Lipinski definition) is 0. The smallest absolute Gasteiger partial charge is 0.410 e. The van der Waals surface area contributed by atoms with Gasteiger partial charge in [-0.1, -0.05) is 22.0 Å². The Bertz CT molecular complexity index is 569. The number of aryl methyl sites for hydroxylation is 1. The van der Waals surface area contributed by atoms with Gasteiger partial charge in [0.05, 0.1) is 0 Å². The molecule has 0 aliphatic carbocycles. The second-order valence-corrected chi connectivity index (χ2v) is 8.24. The minimum atomic E-state index is -0.442. The van der Waals surface area contributed by atoms with Gasteiger partial charge >= 0.3 is 6.09 Å². The fraction of sp³-hybridized carbons (Fsp3) is 0.611. The SMILES string of the molecule is Cc1cc(Br)ccc1CN1CCN(C(=O)OC(C)(C)C)[C@H](C)C1. The molecule has 1 amide bonds. The van der Waals surface area contributed by atoms with Crippen molar-refractivity contribution in [2.75, 3.05) is 19.6 Å². The van der Waals surface area contributed by atoms with Gasteiger partial charge in [0.2, 0.25) is 0 Å². The highest BCUT2D eigenvalue weighted by Gasteiger charge is 2.30. The molecule has 23 heavy (non-hydrogen) atoms. The fourth-order valence-corrected chi connectivity index (χ4v) is 3.32. The highest BCUT2D eigenvalue weighted by molar-refractivity contribution is 9.10. The zero-order valence-corrected chi connectivity index (χ0v) is 16.3. The molecule has 1 atom stereocenters. The summed E-state index contributed by atoms with van der Waals surface area (Å²) in [6.45, 7) is 13.3. The van der Waals surface area contributed by atoms with E-state index in [9.17, 15) is 4.79 Å². The number of amides is 1. The number of nitrogens with zero attached hydrogens (tertiary/aromatic N) is 2. The Kier molecular flexibility index (Phi) is 5.74. The van der Waals surface area contributed by atoms with Crippen LogP contribution in [0, 0.1) is 6.92 Å². The Hall–Kier alpha value is -1.07. The Morgan fingerprint density at radius 1 is 1.35 bits per heavy atom. The van der Waals surface area contributed by atoms with Crippen LogP contribution in [0.4, 0.5) is 4.79 Å². The summed E-state index contributed by atoms with van der Waals surface area (Å²) in [7, 11) is 0. The molecule has 0 radical (unpaired) electrons. The summed E-state index contributed by atoms with van der Waals surface area (Å²) >= 11 is 3.51. The number of piperazine rings is 1. The molecule has 1 aliphatic rings. The molecule has 1 heterocycles. The summed E-state index contributed by atoms with van der Waals surface area (Å²) in [6, 6.07) is 6.57. The molecule has 2 rings (SSSR count). The lowest BCUT2D eigenvalue weighted by atomic mass is 10.1. The summed E-state index contributed by atoms with van der Waals surface area (Å²) in [4.78, 5) is 16.5. The molecule has 1 fully saturated rings. The van der Waals surface area contributed by atoms with E-state index in [1.165, 1.54) is 11.1 Å². The first-order valence-corrected chi connectivity index (χ1v) is 8.92. The maximum Gasteiger partial charge on any atom is 0.410 e. The first-order chi connectivity index (χ1) is 10.7. The van der Waals surface area contributed by atoms with Crippen LogP contribution in [0.15, 0.2) is 22.7 Å². The first-order valence-electron chi connectivity index (χ1n) is 8.13. The Balaban J connectivity index is 1.94. The summed E-state index contributed by atoms with van der Waals surface area (Å²) in [6.07, 6.45) is -0.204. The largest absolute Gasteiger partial charge is 0.444 e. The van der Waals surface area contributed by atoms with Crippen LogP contribution >= 0.6 is 15.9 Å². The van der Waals surface area contributed by atoms with Crippen molar-refractivity contribution >= 4 is 22.0 Å². The van der Waals surface area contributed by atoms with Gasteiger partial charge in [0, 0.05) is 36.7 Å². The predicted octanol–water partition coefficient (Wildman–Crippen LogP) is 4.20. The van der Waals surface area contributed by atoms with Crippen LogP contribution in [0.5, 0.6) is 0 Å². The maximum atomic E-state index is 12.3. The lowest BCUT2D eigenvalue weighted by Gasteiger charge is -2.40. The van der Waals surface area contributed by atoms with Crippen molar-refractivity contribution in [3.8, 4) is 0 Å². The number of ether oxygens (including phenoxy) is 1. The highest BCUT2D eigenvalue weighted by Crippen LogP contribution is 2.20. The van der Waals surface area contributed by atoms with Crippen LogP contribution in [0.3, 0.4) is 0 Å². The van der Waals surface area contributed by atoms with Gasteiger partial charge in [0.25, 0.3) is 0 Å². The third-order valence-corrected chi connectivity index (χ3v) is 4.53. The number of carbonyl (C=O) groups excluding carboxylic acids is 1. The summed E-state index contributed by atoms with van der Waals surface area (Å²) in [5, 5.41) is 0. The zero-order chi connectivity index (χ0) is 17.2. The Labute approximate surface area is 147 Å². The molecule has 0 N–H and O–H groups in total. The van der Waals surface area contributed by atoms with Gasteiger partial charge in [-0.2, -0.15) is 0 Å². The van der Waals surface area contributed by atoms with Gasteiger partial charge in [-0.15, -0.1) is 0 Å². The molecular formula is C18H27BrN2O2. The minimum absolute atomic E-state index is 0.161. The predicted molar refractivity (Wildman–Crippen MR) is 96.6 cm³/mol. The van der Waals surface area contributed by atoms with Crippen molar-refractivity contribution in [2.24, 2.45) is 0 Å². The van der Waals surface area contributed by atoms with Crippen molar-refractivity contribution in [3.05, 3.63) is 33.8 Å². The molecule has 0 spiro atoms. The standard InChI is InChI=1S/C18H27BrN2O2/c1-13-10-16(19)7-6-15(13)12-20-8-9-21(14(2)11-20)17(22)23-18(3,4)5/h6-7,10,14H,8-9,11-12H2,1-5H3/t14-/m1/s1. The molecule has 1 aliphatic heterocycles. The van der Waals surface area contributed by atoms with E-state index < -0.39 is 5.60 Å². The third kappa shape index (κ3) is 5.21. The molecule has 0 saturated carbocycles. The highest BCUT2D eigenvalue weighted by atomic mass is 79.9. The Morgan fingerprint density at radius 2 is 2.04 bits per heavy atom. The van der Waals surface area contributed by atoms with Gasteiger partial charge in [0.1, 0.15) is 5.60 Å². The van der Waals surface area contributed by atoms with Crippen molar-refractivity contribution < 1.29 is 9.53 Å². The van der Waals surface area contributed by atoms with E-state index in [0.29, 0.717) is 6.54 Å². The van der Waals surface area contributed by atoms with Gasteiger partial charge in [0.15, 0.2) is 0 Å². The van der Waals surface area contributed by atoms with E-state index in [-0.39, 0.29) is 12.1 Å². The lowest BCUT2D eigenvalue weighted by Crippen LogP contribution is -2.54. The average Bonchev–Trinajstić information content (AvgIpc) is 2.40. The molecule has 1 aromatic rings. The van der Waals surface area contributed by atoms with E-state index in [1.54, 1.807) is 0 Å². The quantitative estimate of drug-likeness (QED) is 0.768. The van der Waals surface area contributed by atoms with Crippen LogP contribution in [0.1, 0.15) is 38.8 Å². The molecule has 5 heteroatoms. The minimum Gasteiger partial charge on any atom is -0.444 e. The first kappa shape index (κ1) is 18.3. The summed E-state index contributed by atoms with van der Waals surface area (Å²) < 4.78 is 6.61. The number of carbonyl (C=O) groups is 1. The number of halogens is 1. The number of hydrogen-bond acceptors (Lipinski definition) is 3. The number of rotatable bonds is 2. The second kappa shape index (κ2) is 7.22. The molecule has 0 aromatic heterocycles.